The molecule has 0 bridgehead atoms. The summed E-state index contributed by atoms with van der Waals surface area (Å²) in [7, 11) is 0. The number of halogens is 6. The van der Waals surface area contributed by atoms with Gasteiger partial charge in [-0.2, -0.15) is 13.2 Å². The van der Waals surface area contributed by atoms with Gasteiger partial charge in [0.1, 0.15) is 6.61 Å². The van der Waals surface area contributed by atoms with Crippen LogP contribution in [0, 0.1) is 0 Å². The Bertz CT molecular complexity index is 1230. The van der Waals surface area contributed by atoms with Gasteiger partial charge in [-0.25, -0.2) is 0 Å². The van der Waals surface area contributed by atoms with Crippen molar-refractivity contribution in [2.24, 2.45) is 0 Å². The molecule has 0 radical (unpaired) electrons. The zero-order valence-electron chi connectivity index (χ0n) is 16.1. The molecule has 3 aromatic rings. The molecule has 1 N–H and O–H groups in total. The van der Waals surface area contributed by atoms with Crippen LogP contribution >= 0.6 is 34.8 Å². The predicted octanol–water partition coefficient (Wildman–Crippen LogP) is 7.74. The highest BCUT2D eigenvalue weighted by Gasteiger charge is 2.33. The van der Waals surface area contributed by atoms with Crippen LogP contribution in [0.4, 0.5) is 18.9 Å². The summed E-state index contributed by atoms with van der Waals surface area (Å²) < 4.78 is 44.6. The van der Waals surface area contributed by atoms with Gasteiger partial charge in [0.2, 0.25) is 0 Å². The number of hydrogen-bond donors (Lipinski definition) is 1. The molecule has 0 saturated carbocycles. The van der Waals surface area contributed by atoms with E-state index in [1.54, 1.807) is 24.3 Å². The minimum absolute atomic E-state index is 0.0907. The van der Waals surface area contributed by atoms with Crippen LogP contribution in [0.25, 0.3) is 11.6 Å². The first-order valence-corrected chi connectivity index (χ1v) is 10.4. The molecule has 9 heteroatoms. The van der Waals surface area contributed by atoms with Crippen molar-refractivity contribution < 1.29 is 22.7 Å². The molecule has 0 spiro atoms. The fourth-order valence-electron chi connectivity index (χ4n) is 3.25. The van der Waals surface area contributed by atoms with Crippen LogP contribution in [0.5, 0.6) is 5.75 Å². The first-order valence-electron chi connectivity index (χ1n) is 9.23. The number of carbonyl (C=O) groups excluding carboxylic acids is 1. The summed E-state index contributed by atoms with van der Waals surface area (Å²) in [5.41, 5.74) is 1.05. The van der Waals surface area contributed by atoms with E-state index < -0.39 is 17.6 Å². The molecular weight excluding hydrogens is 486 g/mol. The normalized spacial score (nSPS) is 14.4. The lowest BCUT2D eigenvalue weighted by molar-refractivity contribution is -0.137. The number of anilines is 1. The van der Waals surface area contributed by atoms with Crippen molar-refractivity contribution in [3.8, 4) is 5.75 Å². The Labute approximate surface area is 196 Å². The van der Waals surface area contributed by atoms with Gasteiger partial charge in [0.15, 0.2) is 5.75 Å². The Morgan fingerprint density at radius 1 is 0.938 bits per heavy atom. The van der Waals surface area contributed by atoms with Crippen LogP contribution in [0.2, 0.25) is 15.1 Å². The summed E-state index contributed by atoms with van der Waals surface area (Å²) in [6.07, 6.45) is -3.00. The van der Waals surface area contributed by atoms with Crippen LogP contribution in [0.3, 0.4) is 0 Å². The van der Waals surface area contributed by atoms with E-state index in [4.69, 9.17) is 39.5 Å². The number of benzene rings is 3. The lowest BCUT2D eigenvalue weighted by Crippen LogP contribution is -2.06. The second kappa shape index (κ2) is 8.70. The van der Waals surface area contributed by atoms with Gasteiger partial charge in [-0.3, -0.25) is 4.79 Å². The number of ether oxygens (including phenoxy) is 1. The number of hydrogen-bond acceptors (Lipinski definition) is 2. The Hall–Kier alpha value is -2.67. The number of alkyl halides is 3. The van der Waals surface area contributed by atoms with Gasteiger partial charge in [0.05, 0.1) is 15.6 Å². The van der Waals surface area contributed by atoms with Crippen LogP contribution in [-0.2, 0) is 17.6 Å². The summed E-state index contributed by atoms with van der Waals surface area (Å²) in [4.78, 5) is 12.4. The van der Waals surface area contributed by atoms with Crippen LogP contribution in [0.1, 0.15) is 22.3 Å². The van der Waals surface area contributed by atoms with Crippen LogP contribution < -0.4 is 10.1 Å². The molecule has 1 amide bonds. The van der Waals surface area contributed by atoms with E-state index >= 15 is 0 Å². The van der Waals surface area contributed by atoms with Crippen molar-refractivity contribution in [3.05, 3.63) is 91.9 Å². The minimum atomic E-state index is -4.51. The quantitative estimate of drug-likeness (QED) is 0.374. The van der Waals surface area contributed by atoms with Crippen molar-refractivity contribution in [1.82, 2.24) is 0 Å². The summed E-state index contributed by atoms with van der Waals surface area (Å²) in [5.74, 6) is -0.271. The minimum Gasteiger partial charge on any atom is -0.486 e. The summed E-state index contributed by atoms with van der Waals surface area (Å²) >= 11 is 18.8. The monoisotopic (exact) mass is 497 g/mol. The van der Waals surface area contributed by atoms with E-state index in [0.29, 0.717) is 16.1 Å². The van der Waals surface area contributed by atoms with E-state index in [1.807, 2.05) is 12.1 Å². The molecule has 0 fully saturated rings. The second-order valence-corrected chi connectivity index (χ2v) is 8.19. The SMILES string of the molecule is O=C1Nc2cc(C(F)(F)F)ccc2/C1=C/c1cc(Cl)c(OCc2ccccc2Cl)c(Cl)c1. The van der Waals surface area contributed by atoms with Crippen molar-refractivity contribution in [3.63, 3.8) is 0 Å². The molecule has 1 heterocycles. The molecule has 1 aliphatic rings. The Balaban J connectivity index is 1.62. The largest absolute Gasteiger partial charge is 0.486 e. The number of fused-ring (bicyclic) bond motifs is 1. The van der Waals surface area contributed by atoms with Gasteiger partial charge >= 0.3 is 6.18 Å². The Morgan fingerprint density at radius 2 is 1.62 bits per heavy atom. The van der Waals surface area contributed by atoms with E-state index in [-0.39, 0.29) is 33.7 Å². The van der Waals surface area contributed by atoms with Gasteiger partial charge in [-0.1, -0.05) is 59.1 Å². The number of rotatable bonds is 4. The van der Waals surface area contributed by atoms with E-state index in [2.05, 4.69) is 5.32 Å². The van der Waals surface area contributed by atoms with E-state index in [9.17, 15) is 18.0 Å². The van der Waals surface area contributed by atoms with Gasteiger partial charge in [0.25, 0.3) is 5.91 Å². The maximum atomic E-state index is 12.9. The van der Waals surface area contributed by atoms with Gasteiger partial charge < -0.3 is 10.1 Å². The molecule has 164 valence electrons. The standard InChI is InChI=1S/C23H13Cl3F3NO2/c24-17-4-2-1-3-13(17)11-32-21-18(25)8-12(9-19(21)26)7-16-15-6-5-14(23(27,28)29)10-20(15)30-22(16)31/h1-10H,11H2,(H,30,31)/b16-7-. The third kappa shape index (κ3) is 4.58. The molecule has 0 saturated heterocycles. The highest BCUT2D eigenvalue weighted by atomic mass is 35.5. The fourth-order valence-corrected chi connectivity index (χ4v) is 4.05. The van der Waals surface area contributed by atoms with Crippen molar-refractivity contribution in [1.29, 1.82) is 0 Å². The van der Waals surface area contributed by atoms with E-state index in [0.717, 1.165) is 17.7 Å². The number of carbonyl (C=O) groups is 1. The smallest absolute Gasteiger partial charge is 0.416 e. The molecule has 1 aliphatic heterocycles. The topological polar surface area (TPSA) is 38.3 Å². The van der Waals surface area contributed by atoms with Crippen molar-refractivity contribution in [2.75, 3.05) is 5.32 Å². The van der Waals surface area contributed by atoms with Crippen molar-refractivity contribution in [2.45, 2.75) is 12.8 Å². The molecular formula is C23H13Cl3F3NO2. The first-order chi connectivity index (χ1) is 15.1. The number of amides is 1. The second-order valence-electron chi connectivity index (χ2n) is 6.96. The summed E-state index contributed by atoms with van der Waals surface area (Å²) in [6.45, 7) is 0.150. The molecule has 3 aromatic carbocycles. The maximum Gasteiger partial charge on any atom is 0.416 e. The van der Waals surface area contributed by atoms with Gasteiger partial charge in [0, 0.05) is 27.4 Å². The molecule has 3 nitrogen and oxygen atoms in total. The molecule has 0 unspecified atom stereocenters. The number of nitrogens with one attached hydrogen (secondary N) is 1. The third-order valence-corrected chi connectivity index (χ3v) is 5.72. The highest BCUT2D eigenvalue weighted by Crippen LogP contribution is 2.40. The average molecular weight is 499 g/mol. The molecule has 0 aliphatic carbocycles. The van der Waals surface area contributed by atoms with Crippen molar-refractivity contribution >= 4 is 58.0 Å². The lowest BCUT2D eigenvalue weighted by Gasteiger charge is -2.12. The van der Waals surface area contributed by atoms with Crippen LogP contribution in [-0.4, -0.2) is 5.91 Å². The predicted molar refractivity (Wildman–Crippen MR) is 120 cm³/mol. The summed E-state index contributed by atoms with van der Waals surface area (Å²) in [6, 6.07) is 13.4. The average Bonchev–Trinajstić information content (AvgIpc) is 3.02. The van der Waals surface area contributed by atoms with E-state index in [1.165, 1.54) is 12.1 Å². The molecule has 0 atom stereocenters. The van der Waals surface area contributed by atoms with Gasteiger partial charge in [-0.05, 0) is 42.0 Å². The molecule has 4 rings (SSSR count). The zero-order chi connectivity index (χ0) is 23.0. The Kier molecular flexibility index (Phi) is 6.12. The zero-order valence-corrected chi connectivity index (χ0v) is 18.3. The molecule has 32 heavy (non-hydrogen) atoms. The highest BCUT2D eigenvalue weighted by molar-refractivity contribution is 6.38. The third-order valence-electron chi connectivity index (χ3n) is 4.79. The lowest BCUT2D eigenvalue weighted by atomic mass is 10.0. The molecule has 0 aromatic heterocycles. The first kappa shape index (κ1) is 22.5. The summed E-state index contributed by atoms with van der Waals surface area (Å²) in [5, 5.41) is 3.42. The fraction of sp³-hybridized carbons (Fsp3) is 0.0870. The Morgan fingerprint density at radius 3 is 2.28 bits per heavy atom. The van der Waals surface area contributed by atoms with Gasteiger partial charge in [-0.15, -0.1) is 0 Å². The van der Waals surface area contributed by atoms with Crippen LogP contribution in [0.15, 0.2) is 54.6 Å². The maximum absolute atomic E-state index is 12.9.